The first-order chi connectivity index (χ1) is 11.0. The average Bonchev–Trinajstić information content (AvgIpc) is 3.01. The summed E-state index contributed by atoms with van der Waals surface area (Å²) >= 11 is 0. The van der Waals surface area contributed by atoms with E-state index in [2.05, 4.69) is 10.1 Å². The Morgan fingerprint density at radius 3 is 2.17 bits per heavy atom. The number of nitrogens with zero attached hydrogens (tertiary/aromatic N) is 3. The van der Waals surface area contributed by atoms with Crippen LogP contribution in [0, 0.1) is 0 Å². The number of benzene rings is 2. The van der Waals surface area contributed by atoms with Gasteiger partial charge in [0.25, 0.3) is 0 Å². The zero-order chi connectivity index (χ0) is 16.4. The standard InChI is InChI=1S/C16H12F3N3O/c1-23-13-9-7-12(8-10-13)22-15(16(17,18)19)20-14(21-22)11-5-3-2-4-6-11/h2-10H,1H3. The van der Waals surface area contributed by atoms with Crippen LogP contribution in [-0.4, -0.2) is 21.9 Å². The predicted molar refractivity (Wildman–Crippen MR) is 78.3 cm³/mol. The zero-order valence-electron chi connectivity index (χ0n) is 12.1. The molecule has 0 saturated heterocycles. The molecule has 0 aliphatic carbocycles. The van der Waals surface area contributed by atoms with Crippen molar-refractivity contribution in [2.24, 2.45) is 0 Å². The first-order valence-corrected chi connectivity index (χ1v) is 6.73. The van der Waals surface area contributed by atoms with E-state index in [0.29, 0.717) is 11.3 Å². The van der Waals surface area contributed by atoms with Gasteiger partial charge in [0.1, 0.15) is 5.75 Å². The van der Waals surface area contributed by atoms with Gasteiger partial charge in [0.05, 0.1) is 12.8 Å². The maximum atomic E-state index is 13.3. The number of hydrogen-bond donors (Lipinski definition) is 0. The molecule has 0 saturated carbocycles. The van der Waals surface area contributed by atoms with E-state index in [1.54, 1.807) is 42.5 Å². The topological polar surface area (TPSA) is 39.9 Å². The van der Waals surface area contributed by atoms with Crippen molar-refractivity contribution >= 4 is 0 Å². The fourth-order valence-corrected chi connectivity index (χ4v) is 2.11. The molecule has 1 aromatic heterocycles. The first-order valence-electron chi connectivity index (χ1n) is 6.73. The summed E-state index contributed by atoms with van der Waals surface area (Å²) in [4.78, 5) is 3.67. The summed E-state index contributed by atoms with van der Waals surface area (Å²) in [5.74, 6) is -0.499. The van der Waals surface area contributed by atoms with Gasteiger partial charge in [-0.15, -0.1) is 5.10 Å². The summed E-state index contributed by atoms with van der Waals surface area (Å²) in [7, 11) is 1.49. The fraction of sp³-hybridized carbons (Fsp3) is 0.125. The van der Waals surface area contributed by atoms with E-state index in [0.717, 1.165) is 4.68 Å². The molecule has 0 bridgehead atoms. The molecule has 0 fully saturated rings. The van der Waals surface area contributed by atoms with Gasteiger partial charge < -0.3 is 4.74 Å². The van der Waals surface area contributed by atoms with Crippen molar-refractivity contribution in [1.82, 2.24) is 14.8 Å². The van der Waals surface area contributed by atoms with Gasteiger partial charge in [0.15, 0.2) is 5.82 Å². The number of halogens is 3. The highest BCUT2D eigenvalue weighted by molar-refractivity contribution is 5.55. The van der Waals surface area contributed by atoms with E-state index in [1.165, 1.54) is 19.2 Å². The maximum Gasteiger partial charge on any atom is 0.451 e. The van der Waals surface area contributed by atoms with Gasteiger partial charge in [-0.2, -0.15) is 13.2 Å². The highest BCUT2D eigenvalue weighted by atomic mass is 19.4. The van der Waals surface area contributed by atoms with Gasteiger partial charge >= 0.3 is 6.18 Å². The second-order valence-electron chi connectivity index (χ2n) is 4.73. The summed E-state index contributed by atoms with van der Waals surface area (Å²) in [5, 5.41) is 4.02. The molecular formula is C16H12F3N3O. The Morgan fingerprint density at radius 2 is 1.61 bits per heavy atom. The van der Waals surface area contributed by atoms with Crippen LogP contribution in [0.1, 0.15) is 5.82 Å². The minimum Gasteiger partial charge on any atom is -0.497 e. The van der Waals surface area contributed by atoms with Gasteiger partial charge in [0, 0.05) is 5.56 Å². The van der Waals surface area contributed by atoms with Crippen molar-refractivity contribution < 1.29 is 17.9 Å². The molecule has 3 aromatic rings. The lowest BCUT2D eigenvalue weighted by atomic mass is 10.2. The van der Waals surface area contributed by atoms with Gasteiger partial charge in [-0.05, 0) is 24.3 Å². The molecule has 0 spiro atoms. The molecule has 2 aromatic carbocycles. The molecule has 1 heterocycles. The Hall–Kier alpha value is -2.83. The van der Waals surface area contributed by atoms with Crippen molar-refractivity contribution in [3.8, 4) is 22.8 Å². The number of hydrogen-bond acceptors (Lipinski definition) is 3. The number of rotatable bonds is 3. The van der Waals surface area contributed by atoms with Crippen LogP contribution < -0.4 is 4.74 Å². The molecular weight excluding hydrogens is 307 g/mol. The van der Waals surface area contributed by atoms with Crippen LogP contribution in [0.25, 0.3) is 17.1 Å². The van der Waals surface area contributed by atoms with E-state index in [-0.39, 0.29) is 11.5 Å². The third-order valence-electron chi connectivity index (χ3n) is 3.21. The number of aromatic nitrogens is 3. The quantitative estimate of drug-likeness (QED) is 0.733. The smallest absolute Gasteiger partial charge is 0.451 e. The van der Waals surface area contributed by atoms with Crippen LogP contribution in [0.2, 0.25) is 0 Å². The molecule has 0 unspecified atom stereocenters. The molecule has 7 heteroatoms. The summed E-state index contributed by atoms with van der Waals surface area (Å²) in [6.07, 6.45) is -4.61. The summed E-state index contributed by atoms with van der Waals surface area (Å²) in [6, 6.07) is 14.7. The van der Waals surface area contributed by atoms with E-state index in [1.807, 2.05) is 0 Å². The number of ether oxygens (including phenoxy) is 1. The predicted octanol–water partition coefficient (Wildman–Crippen LogP) is 3.96. The van der Waals surface area contributed by atoms with Gasteiger partial charge in [0.2, 0.25) is 5.82 Å². The Morgan fingerprint density at radius 1 is 0.957 bits per heavy atom. The van der Waals surface area contributed by atoms with E-state index in [9.17, 15) is 13.2 Å². The molecule has 23 heavy (non-hydrogen) atoms. The lowest BCUT2D eigenvalue weighted by molar-refractivity contribution is -0.146. The van der Waals surface area contributed by atoms with Crippen LogP contribution in [-0.2, 0) is 6.18 Å². The lowest BCUT2D eigenvalue weighted by Gasteiger charge is -2.08. The second kappa shape index (κ2) is 5.75. The van der Waals surface area contributed by atoms with Crippen molar-refractivity contribution in [3.05, 3.63) is 60.4 Å². The van der Waals surface area contributed by atoms with E-state index < -0.39 is 12.0 Å². The molecule has 0 N–H and O–H groups in total. The molecule has 0 atom stereocenters. The Bertz CT molecular complexity index is 796. The Balaban J connectivity index is 2.12. The minimum atomic E-state index is -4.61. The van der Waals surface area contributed by atoms with Crippen LogP contribution in [0.5, 0.6) is 5.75 Å². The molecule has 0 amide bonds. The van der Waals surface area contributed by atoms with E-state index in [4.69, 9.17) is 4.74 Å². The summed E-state index contributed by atoms with van der Waals surface area (Å²) in [5.41, 5.74) is 0.776. The summed E-state index contributed by atoms with van der Waals surface area (Å²) in [6.45, 7) is 0. The number of alkyl halides is 3. The zero-order valence-corrected chi connectivity index (χ0v) is 12.1. The second-order valence-corrected chi connectivity index (χ2v) is 4.73. The molecule has 0 aliphatic heterocycles. The molecule has 3 rings (SSSR count). The van der Waals surface area contributed by atoms with Crippen molar-refractivity contribution in [2.75, 3.05) is 7.11 Å². The van der Waals surface area contributed by atoms with Crippen LogP contribution in [0.4, 0.5) is 13.2 Å². The number of methoxy groups -OCH3 is 1. The van der Waals surface area contributed by atoms with Crippen molar-refractivity contribution in [1.29, 1.82) is 0 Å². The molecule has 118 valence electrons. The van der Waals surface area contributed by atoms with Crippen molar-refractivity contribution in [2.45, 2.75) is 6.18 Å². The van der Waals surface area contributed by atoms with E-state index >= 15 is 0 Å². The highest BCUT2D eigenvalue weighted by Gasteiger charge is 2.38. The summed E-state index contributed by atoms with van der Waals surface area (Å²) < 4.78 is 45.6. The van der Waals surface area contributed by atoms with Crippen molar-refractivity contribution in [3.63, 3.8) is 0 Å². The largest absolute Gasteiger partial charge is 0.497 e. The monoisotopic (exact) mass is 319 g/mol. The van der Waals surface area contributed by atoms with Gasteiger partial charge in [-0.3, -0.25) is 0 Å². The molecule has 4 nitrogen and oxygen atoms in total. The third-order valence-corrected chi connectivity index (χ3v) is 3.21. The van der Waals surface area contributed by atoms with Gasteiger partial charge in [-0.25, -0.2) is 9.67 Å². The molecule has 0 aliphatic rings. The van der Waals surface area contributed by atoms with Gasteiger partial charge in [-0.1, -0.05) is 30.3 Å². The molecule has 0 radical (unpaired) electrons. The van der Waals surface area contributed by atoms with Crippen LogP contribution in [0.15, 0.2) is 54.6 Å². The average molecular weight is 319 g/mol. The minimum absolute atomic E-state index is 0.0220. The maximum absolute atomic E-state index is 13.3. The highest BCUT2D eigenvalue weighted by Crippen LogP contribution is 2.31. The van der Waals surface area contributed by atoms with Crippen LogP contribution in [0.3, 0.4) is 0 Å². The normalized spacial score (nSPS) is 11.5. The first kappa shape index (κ1) is 15.1. The SMILES string of the molecule is COc1ccc(-n2nc(-c3ccccc3)nc2C(F)(F)F)cc1. The van der Waals surface area contributed by atoms with Crippen LogP contribution >= 0.6 is 0 Å². The Kier molecular flexibility index (Phi) is 3.77. The third kappa shape index (κ3) is 3.03. The fourth-order valence-electron chi connectivity index (χ4n) is 2.11. The Labute approximate surface area is 130 Å². The lowest BCUT2D eigenvalue weighted by Crippen LogP contribution is -2.14.